The molecule has 200 valence electrons. The second-order valence-corrected chi connectivity index (χ2v) is 9.14. The first-order valence-electron chi connectivity index (χ1n) is 12.5. The van der Waals surface area contributed by atoms with Crippen LogP contribution in [-0.4, -0.2) is 66.7 Å². The summed E-state index contributed by atoms with van der Waals surface area (Å²) < 4.78 is 35.6. The first-order chi connectivity index (χ1) is 18.4. The van der Waals surface area contributed by atoms with E-state index in [1.54, 1.807) is 11.1 Å². The third-order valence-corrected chi connectivity index (χ3v) is 6.81. The maximum absolute atomic E-state index is 15.0. The molecule has 2 aliphatic heterocycles. The zero-order valence-electron chi connectivity index (χ0n) is 21.2. The van der Waals surface area contributed by atoms with E-state index in [1.165, 1.54) is 12.3 Å². The fraction of sp³-hybridized carbons (Fsp3) is 0.346. The number of anilines is 5. The van der Waals surface area contributed by atoms with Gasteiger partial charge in [-0.15, -0.1) is 0 Å². The number of likely N-dealkylation sites (N-methyl/N-ethyl adjacent to an activating group) is 1. The summed E-state index contributed by atoms with van der Waals surface area (Å²) >= 11 is 0. The van der Waals surface area contributed by atoms with Crippen LogP contribution >= 0.6 is 0 Å². The lowest BCUT2D eigenvalue weighted by Crippen LogP contribution is -2.46. The molecule has 2 aliphatic rings. The van der Waals surface area contributed by atoms with Crippen molar-refractivity contribution in [3.05, 3.63) is 63.7 Å². The van der Waals surface area contributed by atoms with Gasteiger partial charge in [-0.3, -0.25) is 9.59 Å². The topological polar surface area (TPSA) is 115 Å². The maximum atomic E-state index is 15.0. The molecule has 0 saturated carbocycles. The number of hydrogen-bond donors (Lipinski definition) is 4. The van der Waals surface area contributed by atoms with Crippen LogP contribution in [0.15, 0.2) is 35.4 Å². The van der Waals surface area contributed by atoms with E-state index in [1.807, 2.05) is 13.8 Å². The predicted octanol–water partition coefficient (Wildman–Crippen LogP) is 3.30. The number of aromatic amines is 1. The van der Waals surface area contributed by atoms with Gasteiger partial charge >= 0.3 is 0 Å². The fourth-order valence-electron chi connectivity index (χ4n) is 4.72. The van der Waals surface area contributed by atoms with Crippen LogP contribution in [0.2, 0.25) is 0 Å². The van der Waals surface area contributed by atoms with Gasteiger partial charge in [0.25, 0.3) is 11.5 Å². The highest BCUT2D eigenvalue weighted by Gasteiger charge is 2.24. The molecular formula is C26H29F2N7O3. The number of piperazine rings is 1. The number of carbonyl (C=O) groups excluding carboxylic acids is 1. The van der Waals surface area contributed by atoms with Crippen molar-refractivity contribution in [1.82, 2.24) is 14.9 Å². The van der Waals surface area contributed by atoms with Crippen LogP contribution in [0.3, 0.4) is 0 Å². The number of aromatic nitrogens is 2. The summed E-state index contributed by atoms with van der Waals surface area (Å²) in [4.78, 5) is 36.5. The minimum absolute atomic E-state index is 0.0943. The van der Waals surface area contributed by atoms with Crippen molar-refractivity contribution in [1.29, 1.82) is 0 Å². The number of amides is 1. The van der Waals surface area contributed by atoms with E-state index in [4.69, 9.17) is 4.74 Å². The molecule has 0 bridgehead atoms. The van der Waals surface area contributed by atoms with Gasteiger partial charge in [0.2, 0.25) is 5.88 Å². The number of benzene rings is 1. The van der Waals surface area contributed by atoms with Crippen LogP contribution < -0.4 is 31.1 Å². The molecule has 4 heterocycles. The van der Waals surface area contributed by atoms with Gasteiger partial charge in [0.05, 0.1) is 17.6 Å². The Morgan fingerprint density at radius 1 is 1.16 bits per heavy atom. The molecule has 1 fully saturated rings. The van der Waals surface area contributed by atoms with Crippen LogP contribution in [0, 0.1) is 18.6 Å². The zero-order valence-corrected chi connectivity index (χ0v) is 21.2. The van der Waals surface area contributed by atoms with E-state index in [0.717, 1.165) is 29.9 Å². The predicted molar refractivity (Wildman–Crippen MR) is 142 cm³/mol. The van der Waals surface area contributed by atoms with Crippen LogP contribution in [0.4, 0.5) is 37.2 Å². The van der Waals surface area contributed by atoms with Crippen LogP contribution in [0.1, 0.15) is 22.8 Å². The molecule has 1 amide bonds. The number of H-pyrrole nitrogens is 1. The maximum Gasteiger partial charge on any atom is 0.263 e. The molecule has 38 heavy (non-hydrogen) atoms. The third-order valence-electron chi connectivity index (χ3n) is 6.81. The van der Waals surface area contributed by atoms with Gasteiger partial charge in [-0.25, -0.2) is 13.8 Å². The van der Waals surface area contributed by atoms with Gasteiger partial charge in [-0.1, -0.05) is 6.92 Å². The lowest BCUT2D eigenvalue weighted by Gasteiger charge is -2.35. The summed E-state index contributed by atoms with van der Waals surface area (Å²) in [5, 5.41) is 8.78. The van der Waals surface area contributed by atoms with E-state index < -0.39 is 23.1 Å². The first kappa shape index (κ1) is 25.5. The first-order valence-corrected chi connectivity index (χ1v) is 12.5. The summed E-state index contributed by atoms with van der Waals surface area (Å²) in [6.45, 7) is 8.33. The summed E-state index contributed by atoms with van der Waals surface area (Å²) in [7, 11) is 0. The quantitative estimate of drug-likeness (QED) is 0.388. The Labute approximate surface area is 218 Å². The molecule has 0 atom stereocenters. The average Bonchev–Trinajstić information content (AvgIpc) is 2.90. The van der Waals surface area contributed by atoms with Gasteiger partial charge in [-0.05, 0) is 31.7 Å². The summed E-state index contributed by atoms with van der Waals surface area (Å²) in [5.74, 6) is -1.91. The van der Waals surface area contributed by atoms with Crippen molar-refractivity contribution in [2.45, 2.75) is 13.8 Å². The van der Waals surface area contributed by atoms with E-state index in [9.17, 15) is 9.59 Å². The van der Waals surface area contributed by atoms with Crippen molar-refractivity contribution in [2.75, 3.05) is 66.7 Å². The van der Waals surface area contributed by atoms with E-state index in [2.05, 4.69) is 30.8 Å². The van der Waals surface area contributed by atoms with Crippen LogP contribution in [0.5, 0.6) is 5.88 Å². The third kappa shape index (κ3) is 4.99. The molecule has 1 aromatic carbocycles. The van der Waals surface area contributed by atoms with E-state index >= 15 is 8.78 Å². The monoisotopic (exact) mass is 525 g/mol. The SMILES string of the molecule is CCN1CCN(c2c(F)cc(NC(=O)c3c(Nc4cnc5c(c4C)NCCO5)cc[nH]c3=O)cc2F)CC1. The van der Waals surface area contributed by atoms with Crippen molar-refractivity contribution in [3.63, 3.8) is 0 Å². The largest absolute Gasteiger partial charge is 0.474 e. The molecule has 2 aromatic heterocycles. The Morgan fingerprint density at radius 3 is 2.61 bits per heavy atom. The lowest BCUT2D eigenvalue weighted by atomic mass is 10.1. The minimum atomic E-state index is -0.817. The van der Waals surface area contributed by atoms with E-state index in [0.29, 0.717) is 50.9 Å². The molecule has 0 unspecified atom stereocenters. The molecule has 0 spiro atoms. The number of rotatable bonds is 6. The highest BCUT2D eigenvalue weighted by atomic mass is 19.1. The molecular weight excluding hydrogens is 496 g/mol. The highest BCUT2D eigenvalue weighted by Crippen LogP contribution is 2.34. The highest BCUT2D eigenvalue weighted by molar-refractivity contribution is 6.08. The lowest BCUT2D eigenvalue weighted by molar-refractivity contribution is 0.102. The number of pyridine rings is 2. The number of nitrogens with one attached hydrogen (secondary N) is 4. The second-order valence-electron chi connectivity index (χ2n) is 9.14. The second kappa shape index (κ2) is 10.7. The van der Waals surface area contributed by atoms with Crippen molar-refractivity contribution < 1.29 is 18.3 Å². The molecule has 0 radical (unpaired) electrons. The summed E-state index contributed by atoms with van der Waals surface area (Å²) in [5.41, 5.74) is 1.17. The number of ether oxygens (including phenoxy) is 1. The Kier molecular flexibility index (Phi) is 7.14. The number of fused-ring (bicyclic) bond motifs is 1. The van der Waals surface area contributed by atoms with Gasteiger partial charge in [0.1, 0.15) is 23.5 Å². The van der Waals surface area contributed by atoms with Crippen LogP contribution in [0.25, 0.3) is 0 Å². The van der Waals surface area contributed by atoms with Crippen molar-refractivity contribution in [3.8, 4) is 5.88 Å². The summed E-state index contributed by atoms with van der Waals surface area (Å²) in [6.07, 6.45) is 2.95. The Morgan fingerprint density at radius 2 is 1.89 bits per heavy atom. The van der Waals surface area contributed by atoms with Crippen molar-refractivity contribution in [2.24, 2.45) is 0 Å². The smallest absolute Gasteiger partial charge is 0.263 e. The average molecular weight is 526 g/mol. The van der Waals surface area contributed by atoms with Gasteiger partial charge in [-0.2, -0.15) is 0 Å². The molecule has 12 heteroatoms. The Hall–Kier alpha value is -4.19. The molecule has 5 rings (SSSR count). The zero-order chi connectivity index (χ0) is 26.8. The molecule has 1 saturated heterocycles. The van der Waals surface area contributed by atoms with Gasteiger partial charge < -0.3 is 35.5 Å². The standard InChI is InChI=1S/C26H29F2N7O3/c1-3-34-7-9-35(10-8-34)23-17(27)12-16(13-18(23)28)32-25(37)21-19(4-5-30-24(21)36)33-20-14-31-26-22(15(20)2)29-6-11-38-26/h4-5,12-14,29H,3,6-11H2,1-2H3,(H,32,37)(H2,30,33,36). The normalized spacial score (nSPS) is 15.3. The number of halogens is 2. The van der Waals surface area contributed by atoms with Crippen LogP contribution in [-0.2, 0) is 0 Å². The Bertz CT molecular complexity index is 1400. The van der Waals surface area contributed by atoms with E-state index in [-0.39, 0.29) is 22.6 Å². The minimum Gasteiger partial charge on any atom is -0.474 e. The molecule has 4 N–H and O–H groups in total. The van der Waals surface area contributed by atoms with Gasteiger partial charge in [0.15, 0.2) is 11.6 Å². The number of hydrogen-bond acceptors (Lipinski definition) is 8. The fourth-order valence-corrected chi connectivity index (χ4v) is 4.72. The number of nitrogens with zero attached hydrogens (tertiary/aromatic N) is 3. The molecule has 3 aromatic rings. The molecule has 0 aliphatic carbocycles. The molecule has 10 nitrogen and oxygen atoms in total. The van der Waals surface area contributed by atoms with Gasteiger partial charge in [0, 0.05) is 50.2 Å². The summed E-state index contributed by atoms with van der Waals surface area (Å²) in [6, 6.07) is 3.66. The van der Waals surface area contributed by atoms with Crippen molar-refractivity contribution >= 4 is 34.3 Å². The Balaban J connectivity index is 1.38. The number of carbonyl (C=O) groups is 1.